The lowest BCUT2D eigenvalue weighted by atomic mass is 9.85. The van der Waals surface area contributed by atoms with Crippen LogP contribution < -0.4 is 9.91 Å². The van der Waals surface area contributed by atoms with Crippen LogP contribution in [0.15, 0.2) is 29.0 Å². The SMILES string of the molecule is CCC(=O)N(C(=O)OC(C)(C)C)N(C(=O)OC(C)(C)C)c1ccc(-c2cnn3c(N(COCC[Si](C)(C)C)COCC[Si](C)(C)C)c(Br)c(C4C[C@@H](C)N(C(=O)OC(C)(C)C)[C@@H](C)C4)nc23)cn1. The summed E-state index contributed by atoms with van der Waals surface area (Å²) >= 11 is 4.03. The Morgan fingerprint density at radius 2 is 1.28 bits per heavy atom. The molecule has 1 fully saturated rings. The van der Waals surface area contributed by atoms with Crippen molar-refractivity contribution >= 4 is 73.5 Å². The summed E-state index contributed by atoms with van der Waals surface area (Å²) in [5.41, 5.74) is -0.0658. The van der Waals surface area contributed by atoms with Gasteiger partial charge >= 0.3 is 18.3 Å². The summed E-state index contributed by atoms with van der Waals surface area (Å²) in [5.74, 6) is -0.146. The van der Waals surface area contributed by atoms with Crippen LogP contribution in [0.5, 0.6) is 0 Å². The minimum absolute atomic E-state index is 0.0546. The van der Waals surface area contributed by atoms with Crippen LogP contribution in [0.25, 0.3) is 16.8 Å². The minimum atomic E-state index is -1.40. The predicted molar refractivity (Wildman–Crippen MR) is 275 cm³/mol. The number of aromatic nitrogens is 4. The maximum absolute atomic E-state index is 13.9. The highest BCUT2D eigenvalue weighted by molar-refractivity contribution is 9.10. The van der Waals surface area contributed by atoms with E-state index in [0.717, 1.165) is 27.3 Å². The lowest BCUT2D eigenvalue weighted by molar-refractivity contribution is -0.130. The number of hydrazine groups is 1. The average Bonchev–Trinajstić information content (AvgIpc) is 3.59. The normalized spacial score (nSPS) is 17.2. The van der Waals surface area contributed by atoms with Gasteiger partial charge in [0.05, 0.1) is 16.4 Å². The van der Waals surface area contributed by atoms with E-state index in [1.807, 2.05) is 44.4 Å². The average molecular weight is 1050 g/mol. The highest BCUT2D eigenvalue weighted by Crippen LogP contribution is 2.43. The van der Waals surface area contributed by atoms with E-state index in [1.54, 1.807) is 65.2 Å². The molecule has 68 heavy (non-hydrogen) atoms. The van der Waals surface area contributed by atoms with E-state index in [4.69, 9.17) is 33.8 Å². The number of amides is 4. The number of imide groups is 1. The Morgan fingerprint density at radius 3 is 1.74 bits per heavy atom. The first-order valence-electron chi connectivity index (χ1n) is 23.7. The van der Waals surface area contributed by atoms with E-state index < -0.39 is 51.0 Å². The predicted octanol–water partition coefficient (Wildman–Crippen LogP) is 11.7. The van der Waals surface area contributed by atoms with Crippen molar-refractivity contribution in [1.29, 1.82) is 0 Å². The van der Waals surface area contributed by atoms with Crippen LogP contribution in [-0.2, 0) is 28.5 Å². The summed E-state index contributed by atoms with van der Waals surface area (Å²) in [4.78, 5) is 68.5. The number of fused-ring (bicyclic) bond motifs is 1. The second-order valence-corrected chi connectivity index (χ2v) is 35.2. The third-order valence-electron chi connectivity index (χ3n) is 10.7. The van der Waals surface area contributed by atoms with Crippen molar-refractivity contribution in [1.82, 2.24) is 29.5 Å². The number of piperidine rings is 1. The Morgan fingerprint density at radius 1 is 0.765 bits per heavy atom. The number of anilines is 2. The molecular formula is C48H79BrN8O9Si2. The number of nitrogens with zero attached hydrogens (tertiary/aromatic N) is 8. The summed E-state index contributed by atoms with van der Waals surface area (Å²) in [6.45, 7) is 36.9. The quantitative estimate of drug-likeness (QED) is 0.0463. The van der Waals surface area contributed by atoms with Gasteiger partial charge in [-0.15, -0.1) is 5.01 Å². The summed E-state index contributed by atoms with van der Waals surface area (Å²) in [6, 6.07) is 4.92. The Bertz CT molecular complexity index is 2190. The topological polar surface area (TPSA) is 170 Å². The highest BCUT2D eigenvalue weighted by Gasteiger charge is 2.41. The van der Waals surface area contributed by atoms with Gasteiger partial charge in [0.1, 0.15) is 30.3 Å². The molecule has 0 bridgehead atoms. The van der Waals surface area contributed by atoms with Gasteiger partial charge in [0.15, 0.2) is 17.3 Å². The van der Waals surface area contributed by atoms with E-state index in [2.05, 4.69) is 60.2 Å². The molecule has 4 heterocycles. The maximum Gasteiger partial charge on any atom is 0.437 e. The smallest absolute Gasteiger partial charge is 0.437 e. The van der Waals surface area contributed by atoms with Gasteiger partial charge in [-0.1, -0.05) is 46.2 Å². The molecule has 3 aromatic heterocycles. The van der Waals surface area contributed by atoms with Crippen LogP contribution in [0.1, 0.15) is 114 Å². The van der Waals surface area contributed by atoms with Crippen molar-refractivity contribution in [3.63, 3.8) is 0 Å². The van der Waals surface area contributed by atoms with E-state index in [-0.39, 0.29) is 49.8 Å². The Hall–Kier alpha value is -4.12. The molecule has 4 rings (SSSR count). The molecule has 0 saturated carbocycles. The standard InChI is InChI=1S/C48H79BrN8O9Si2/c1-19-38(58)57(45(61)66-48(10,11)12)56(44(60)65-47(7,8)9)37-21-20-34(28-50-37)36-29-51-55-41(36)52-40(35-26-32(2)54(33(3)27-35)43(59)64-46(4,5)6)39(49)42(55)53(30-62-22-24-67(13,14)15)31-63-23-25-68(16,17)18/h20-21,28-29,32-33,35H,19,22-27,30-31H2,1-18H3/t32-,33+,35?. The van der Waals surface area contributed by atoms with Crippen LogP contribution in [-0.4, -0.2) is 125 Å². The van der Waals surface area contributed by atoms with Crippen LogP contribution in [0.4, 0.5) is 26.0 Å². The van der Waals surface area contributed by atoms with Gasteiger partial charge in [-0.25, -0.2) is 24.4 Å². The molecule has 1 aliphatic heterocycles. The number of ether oxygens (including phenoxy) is 5. The third-order valence-corrected chi connectivity index (χ3v) is 14.9. The van der Waals surface area contributed by atoms with Gasteiger partial charge < -0.3 is 33.5 Å². The van der Waals surface area contributed by atoms with E-state index in [0.29, 0.717) is 53.7 Å². The molecular weight excluding hydrogens is 969 g/mol. The first-order chi connectivity index (χ1) is 31.2. The molecule has 1 unspecified atom stereocenters. The van der Waals surface area contributed by atoms with Crippen molar-refractivity contribution in [3.05, 3.63) is 34.7 Å². The van der Waals surface area contributed by atoms with E-state index in [9.17, 15) is 19.2 Å². The number of hydrogen-bond donors (Lipinski definition) is 0. The summed E-state index contributed by atoms with van der Waals surface area (Å²) in [5, 5.41) is 6.38. The summed E-state index contributed by atoms with van der Waals surface area (Å²) in [6.07, 6.45) is 1.97. The number of halogens is 1. The Labute approximate surface area is 415 Å². The van der Waals surface area contributed by atoms with Gasteiger partial charge in [-0.05, 0) is 129 Å². The van der Waals surface area contributed by atoms with Crippen molar-refractivity contribution in [2.24, 2.45) is 0 Å². The Kier molecular flexibility index (Phi) is 18.5. The monoisotopic (exact) mass is 1050 g/mol. The van der Waals surface area contributed by atoms with Gasteiger partial charge in [0.25, 0.3) is 5.91 Å². The van der Waals surface area contributed by atoms with Crippen molar-refractivity contribution < 1.29 is 42.9 Å². The number of likely N-dealkylation sites (tertiary alicyclic amines) is 1. The molecule has 1 aliphatic rings. The molecule has 1 saturated heterocycles. The molecule has 3 atom stereocenters. The Balaban J connectivity index is 1.92. The van der Waals surface area contributed by atoms with E-state index >= 15 is 0 Å². The van der Waals surface area contributed by atoms with Crippen LogP contribution in [0.2, 0.25) is 51.4 Å². The van der Waals surface area contributed by atoms with Gasteiger partial charge in [-0.2, -0.15) is 14.6 Å². The molecule has 4 amide bonds. The van der Waals surface area contributed by atoms with Crippen molar-refractivity contribution in [2.75, 3.05) is 36.6 Å². The molecule has 3 aromatic rings. The maximum atomic E-state index is 13.9. The third kappa shape index (κ3) is 16.0. The molecule has 0 radical (unpaired) electrons. The first kappa shape index (κ1) is 56.5. The van der Waals surface area contributed by atoms with Crippen LogP contribution >= 0.6 is 15.9 Å². The summed E-state index contributed by atoms with van der Waals surface area (Å²) < 4.78 is 32.5. The minimum Gasteiger partial charge on any atom is -0.444 e. The van der Waals surface area contributed by atoms with E-state index in [1.165, 1.54) is 12.3 Å². The number of pyridine rings is 1. The molecule has 0 N–H and O–H groups in total. The number of rotatable bonds is 15. The highest BCUT2D eigenvalue weighted by atomic mass is 79.9. The fraction of sp³-hybridized carbons (Fsp3) is 0.688. The van der Waals surface area contributed by atoms with Crippen molar-refractivity contribution in [2.45, 2.75) is 189 Å². The fourth-order valence-electron chi connectivity index (χ4n) is 7.47. The zero-order valence-corrected chi connectivity index (χ0v) is 47.6. The molecule has 17 nitrogen and oxygen atoms in total. The first-order valence-corrected chi connectivity index (χ1v) is 31.9. The zero-order valence-electron chi connectivity index (χ0n) is 44.0. The lowest BCUT2D eigenvalue weighted by Gasteiger charge is -2.43. The van der Waals surface area contributed by atoms with Crippen LogP contribution in [0.3, 0.4) is 0 Å². The van der Waals surface area contributed by atoms with Gasteiger partial charge in [0, 0.05) is 71.1 Å². The van der Waals surface area contributed by atoms with Gasteiger partial charge in [0.2, 0.25) is 0 Å². The van der Waals surface area contributed by atoms with Crippen LogP contribution in [0, 0.1) is 0 Å². The number of carbonyl (C=O) groups is 4. The summed E-state index contributed by atoms with van der Waals surface area (Å²) in [7, 11) is -2.80. The number of hydrogen-bond acceptors (Lipinski definition) is 13. The largest absolute Gasteiger partial charge is 0.444 e. The van der Waals surface area contributed by atoms with Crippen molar-refractivity contribution in [3.8, 4) is 11.1 Å². The molecule has 20 heteroatoms. The molecule has 0 aliphatic carbocycles. The van der Waals surface area contributed by atoms with Gasteiger partial charge in [-0.3, -0.25) is 4.79 Å². The zero-order chi connectivity index (χ0) is 51.3. The lowest BCUT2D eigenvalue weighted by Crippen LogP contribution is -2.55. The molecule has 380 valence electrons. The second-order valence-electron chi connectivity index (χ2n) is 23.2. The molecule has 0 spiro atoms. The second kappa shape index (κ2) is 22.3. The number of carbonyl (C=O) groups excluding carboxylic acids is 4. The molecule has 0 aromatic carbocycles. The fourth-order valence-corrected chi connectivity index (χ4v) is 9.81.